The summed E-state index contributed by atoms with van der Waals surface area (Å²) in [6, 6.07) is 3.03. The fourth-order valence-corrected chi connectivity index (χ4v) is 3.05. The second-order valence-corrected chi connectivity index (χ2v) is 6.18. The van der Waals surface area contributed by atoms with Gasteiger partial charge in [0.05, 0.1) is 11.8 Å². The van der Waals surface area contributed by atoms with Gasteiger partial charge in [0.2, 0.25) is 0 Å². The molecule has 0 saturated carbocycles. The molecule has 1 aromatic heterocycles. The molecule has 136 valence electrons. The van der Waals surface area contributed by atoms with Crippen LogP contribution in [0.2, 0.25) is 0 Å². The van der Waals surface area contributed by atoms with Crippen LogP contribution in [0, 0.1) is 5.82 Å². The van der Waals surface area contributed by atoms with Crippen molar-refractivity contribution in [3.8, 4) is 0 Å². The molecule has 1 aliphatic rings. The standard InChI is InChI=1S/C17H19F4N3O/c1-24-10-12(9-23-24)16-15(3-2-6-25-16)22-8-11-4-5-14(18)13(7-11)17(19,20)21/h4-5,7,9-10,15-16,22H,2-3,6,8H2,1H3/t15-,16+/m0/s1. The molecule has 1 aliphatic heterocycles. The first-order valence-electron chi connectivity index (χ1n) is 8.04. The van der Waals surface area contributed by atoms with Gasteiger partial charge in [0, 0.05) is 38.0 Å². The molecular formula is C17H19F4N3O. The van der Waals surface area contributed by atoms with Gasteiger partial charge in [0.25, 0.3) is 0 Å². The van der Waals surface area contributed by atoms with Gasteiger partial charge in [-0.1, -0.05) is 6.07 Å². The molecule has 4 nitrogen and oxygen atoms in total. The Hall–Kier alpha value is -1.93. The molecule has 1 saturated heterocycles. The molecule has 0 aliphatic carbocycles. The number of nitrogens with one attached hydrogen (secondary N) is 1. The van der Waals surface area contributed by atoms with Crippen LogP contribution in [0.15, 0.2) is 30.6 Å². The van der Waals surface area contributed by atoms with Crippen molar-refractivity contribution in [1.29, 1.82) is 0 Å². The maximum atomic E-state index is 13.4. The molecule has 2 aromatic rings. The zero-order valence-corrected chi connectivity index (χ0v) is 13.7. The molecule has 8 heteroatoms. The Morgan fingerprint density at radius 1 is 1.36 bits per heavy atom. The average molecular weight is 357 g/mol. The Morgan fingerprint density at radius 2 is 2.16 bits per heavy atom. The Balaban J connectivity index is 1.71. The van der Waals surface area contributed by atoms with E-state index in [0.29, 0.717) is 12.2 Å². The van der Waals surface area contributed by atoms with E-state index in [0.717, 1.165) is 30.5 Å². The zero-order valence-electron chi connectivity index (χ0n) is 13.7. The van der Waals surface area contributed by atoms with Crippen molar-refractivity contribution < 1.29 is 22.3 Å². The second kappa shape index (κ2) is 7.13. The van der Waals surface area contributed by atoms with E-state index in [1.165, 1.54) is 6.07 Å². The van der Waals surface area contributed by atoms with Crippen molar-refractivity contribution in [2.24, 2.45) is 7.05 Å². The fourth-order valence-electron chi connectivity index (χ4n) is 3.05. The topological polar surface area (TPSA) is 39.1 Å². The number of hydrogen-bond donors (Lipinski definition) is 1. The van der Waals surface area contributed by atoms with Gasteiger partial charge in [-0.15, -0.1) is 0 Å². The van der Waals surface area contributed by atoms with E-state index in [4.69, 9.17) is 4.74 Å². The van der Waals surface area contributed by atoms with Crippen LogP contribution in [0.4, 0.5) is 17.6 Å². The maximum absolute atomic E-state index is 13.4. The van der Waals surface area contributed by atoms with Crippen LogP contribution < -0.4 is 5.32 Å². The number of hydrogen-bond acceptors (Lipinski definition) is 3. The minimum atomic E-state index is -4.70. The molecule has 1 fully saturated rings. The third kappa shape index (κ3) is 4.19. The smallest absolute Gasteiger partial charge is 0.372 e. The summed E-state index contributed by atoms with van der Waals surface area (Å²) in [6.07, 6.45) is 0.393. The first-order chi connectivity index (χ1) is 11.8. The summed E-state index contributed by atoms with van der Waals surface area (Å²) in [4.78, 5) is 0. The summed E-state index contributed by atoms with van der Waals surface area (Å²) in [5.41, 5.74) is 0.0644. The predicted molar refractivity (Wildman–Crippen MR) is 83.2 cm³/mol. The van der Waals surface area contributed by atoms with Crippen molar-refractivity contribution in [2.45, 2.75) is 37.7 Å². The molecule has 1 N–H and O–H groups in total. The number of aryl methyl sites for hydroxylation is 1. The van der Waals surface area contributed by atoms with E-state index in [1.54, 1.807) is 10.9 Å². The Morgan fingerprint density at radius 3 is 2.84 bits per heavy atom. The molecule has 2 atom stereocenters. The predicted octanol–water partition coefficient (Wildman–Crippen LogP) is 3.59. The van der Waals surface area contributed by atoms with E-state index in [1.807, 2.05) is 13.2 Å². The number of nitrogens with zero attached hydrogens (tertiary/aromatic N) is 2. The molecule has 0 unspecified atom stereocenters. The molecule has 0 spiro atoms. The number of alkyl halides is 3. The quantitative estimate of drug-likeness (QED) is 0.850. The van der Waals surface area contributed by atoms with E-state index < -0.39 is 17.6 Å². The van der Waals surface area contributed by atoms with E-state index in [9.17, 15) is 17.6 Å². The number of ether oxygens (including phenoxy) is 1. The largest absolute Gasteiger partial charge is 0.419 e. The first-order valence-corrected chi connectivity index (χ1v) is 8.04. The van der Waals surface area contributed by atoms with Gasteiger partial charge in [-0.2, -0.15) is 18.3 Å². The summed E-state index contributed by atoms with van der Waals surface area (Å²) in [5, 5.41) is 7.38. The van der Waals surface area contributed by atoms with Crippen LogP contribution >= 0.6 is 0 Å². The summed E-state index contributed by atoms with van der Waals surface area (Å²) >= 11 is 0. The van der Waals surface area contributed by atoms with Crippen molar-refractivity contribution in [3.63, 3.8) is 0 Å². The Labute approximate surface area is 142 Å². The Kier molecular flexibility index (Phi) is 5.10. The molecule has 0 bridgehead atoms. The van der Waals surface area contributed by atoms with Crippen molar-refractivity contribution in [2.75, 3.05) is 6.61 Å². The highest BCUT2D eigenvalue weighted by atomic mass is 19.4. The molecular weight excluding hydrogens is 338 g/mol. The molecule has 1 aromatic carbocycles. The Bertz CT molecular complexity index is 729. The second-order valence-electron chi connectivity index (χ2n) is 6.18. The fraction of sp³-hybridized carbons (Fsp3) is 0.471. The number of halogens is 4. The van der Waals surface area contributed by atoms with Crippen LogP contribution in [0.5, 0.6) is 0 Å². The van der Waals surface area contributed by atoms with Crippen molar-refractivity contribution >= 4 is 0 Å². The highest BCUT2D eigenvalue weighted by Crippen LogP contribution is 2.32. The molecule has 0 radical (unpaired) electrons. The lowest BCUT2D eigenvalue weighted by atomic mass is 9.97. The summed E-state index contributed by atoms with van der Waals surface area (Å²) in [6.45, 7) is 0.834. The zero-order chi connectivity index (χ0) is 18.0. The third-order valence-electron chi connectivity index (χ3n) is 4.28. The van der Waals surface area contributed by atoms with Gasteiger partial charge >= 0.3 is 6.18 Å². The highest BCUT2D eigenvalue weighted by molar-refractivity contribution is 5.27. The monoisotopic (exact) mass is 357 g/mol. The van der Waals surface area contributed by atoms with Gasteiger partial charge in [-0.25, -0.2) is 4.39 Å². The summed E-state index contributed by atoms with van der Waals surface area (Å²) in [5.74, 6) is -1.26. The molecule has 0 amide bonds. The van der Waals surface area contributed by atoms with Gasteiger partial charge in [0.1, 0.15) is 11.9 Å². The van der Waals surface area contributed by atoms with Gasteiger partial charge in [-0.3, -0.25) is 4.68 Å². The maximum Gasteiger partial charge on any atom is 0.419 e. The van der Waals surface area contributed by atoms with Crippen LogP contribution in [0.25, 0.3) is 0 Å². The minimum Gasteiger partial charge on any atom is -0.372 e. The number of aromatic nitrogens is 2. The molecule has 3 rings (SSSR count). The van der Waals surface area contributed by atoms with Crippen LogP contribution in [0.3, 0.4) is 0 Å². The number of benzene rings is 1. The average Bonchev–Trinajstić information content (AvgIpc) is 2.99. The van der Waals surface area contributed by atoms with E-state index in [-0.39, 0.29) is 18.7 Å². The van der Waals surface area contributed by atoms with Gasteiger partial charge in [0.15, 0.2) is 0 Å². The van der Waals surface area contributed by atoms with Crippen molar-refractivity contribution in [1.82, 2.24) is 15.1 Å². The van der Waals surface area contributed by atoms with Crippen molar-refractivity contribution in [3.05, 3.63) is 53.1 Å². The summed E-state index contributed by atoms with van der Waals surface area (Å²) < 4.78 is 59.3. The van der Waals surface area contributed by atoms with E-state index >= 15 is 0 Å². The first kappa shape index (κ1) is 17.9. The highest BCUT2D eigenvalue weighted by Gasteiger charge is 2.34. The SMILES string of the molecule is Cn1cc([C@H]2OCCC[C@@H]2NCc2ccc(F)c(C(F)(F)F)c2)cn1. The van der Waals surface area contributed by atoms with Crippen LogP contribution in [0.1, 0.15) is 35.6 Å². The number of rotatable bonds is 4. The van der Waals surface area contributed by atoms with Gasteiger partial charge < -0.3 is 10.1 Å². The van der Waals surface area contributed by atoms with Crippen LogP contribution in [-0.4, -0.2) is 22.4 Å². The third-order valence-corrected chi connectivity index (χ3v) is 4.28. The minimum absolute atomic E-state index is 0.0441. The lowest BCUT2D eigenvalue weighted by Crippen LogP contribution is -2.39. The molecule has 2 heterocycles. The molecule has 25 heavy (non-hydrogen) atoms. The van der Waals surface area contributed by atoms with E-state index in [2.05, 4.69) is 10.4 Å². The van der Waals surface area contributed by atoms with Crippen LogP contribution in [-0.2, 0) is 24.5 Å². The lowest BCUT2D eigenvalue weighted by Gasteiger charge is -2.32. The lowest BCUT2D eigenvalue weighted by molar-refractivity contribution is -0.140. The van der Waals surface area contributed by atoms with Gasteiger partial charge in [-0.05, 0) is 30.5 Å². The summed E-state index contributed by atoms with van der Waals surface area (Å²) in [7, 11) is 1.81. The normalized spacial score (nSPS) is 21.5.